The van der Waals surface area contributed by atoms with Gasteiger partial charge < -0.3 is 5.11 Å². The van der Waals surface area contributed by atoms with Crippen molar-refractivity contribution in [1.29, 1.82) is 0 Å². The van der Waals surface area contributed by atoms with Crippen LogP contribution in [0.5, 0.6) is 0 Å². The highest BCUT2D eigenvalue weighted by atomic mass is 79.9. The van der Waals surface area contributed by atoms with Gasteiger partial charge in [-0.15, -0.1) is 0 Å². The van der Waals surface area contributed by atoms with Crippen molar-refractivity contribution >= 4 is 31.9 Å². The fourth-order valence-corrected chi connectivity index (χ4v) is 2.72. The topological polar surface area (TPSA) is 83.5 Å². The summed E-state index contributed by atoms with van der Waals surface area (Å²) in [5.74, 6) is -1.36. The monoisotopic (exact) mass is 375 g/mol. The fourth-order valence-electron chi connectivity index (χ4n) is 1.25. The molecule has 0 unspecified atom stereocenters. The fraction of sp³-hybridized carbons (Fsp3) is 0.300. The predicted octanol–water partition coefficient (Wildman–Crippen LogP) is 2.38. The molecular weight excluding hydrogens is 367 g/mol. The van der Waals surface area contributed by atoms with E-state index in [4.69, 9.17) is 5.11 Å². The summed E-state index contributed by atoms with van der Waals surface area (Å²) in [6, 6.07) is 3.15. The number of carbonyl (C=O) groups is 1. The van der Waals surface area contributed by atoms with Crippen molar-refractivity contribution in [3.05, 3.63) is 28.2 Å². The number of nitrogens with one attached hydrogen (secondary N) is 1. The first kappa shape index (κ1) is 16.9. The molecule has 0 aliphatic carbocycles. The molecule has 0 amide bonds. The van der Waals surface area contributed by atoms with Gasteiger partial charge in [-0.25, -0.2) is 17.9 Å². The lowest BCUT2D eigenvalue weighted by Crippen LogP contribution is -2.28. The van der Waals surface area contributed by atoms with Gasteiger partial charge in [-0.3, -0.25) is 0 Å². The minimum absolute atomic E-state index is 0.166. The molecule has 0 fully saturated rings. The average molecular weight is 376 g/mol. The summed E-state index contributed by atoms with van der Waals surface area (Å²) in [5.41, 5.74) is -0.302. The van der Waals surface area contributed by atoms with Crippen LogP contribution in [-0.4, -0.2) is 32.2 Å². The molecule has 1 aromatic carbocycles. The van der Waals surface area contributed by atoms with E-state index in [0.717, 1.165) is 12.1 Å². The summed E-state index contributed by atoms with van der Waals surface area (Å²) >= 11 is 2.93. The largest absolute Gasteiger partial charge is 0.478 e. The second kappa shape index (κ2) is 6.10. The summed E-state index contributed by atoms with van der Waals surface area (Å²) in [6.45, 7) is -0.815. The highest BCUT2D eigenvalue weighted by Crippen LogP contribution is 2.22. The van der Waals surface area contributed by atoms with E-state index >= 15 is 0 Å². The predicted molar refractivity (Wildman–Crippen MR) is 67.0 cm³/mol. The Morgan fingerprint density at radius 3 is 2.45 bits per heavy atom. The molecule has 0 saturated heterocycles. The smallest absolute Gasteiger partial charge is 0.390 e. The molecule has 0 saturated carbocycles. The van der Waals surface area contributed by atoms with E-state index in [1.54, 1.807) is 4.72 Å². The number of hydrogen-bond donors (Lipinski definition) is 2. The van der Waals surface area contributed by atoms with Crippen LogP contribution in [0.25, 0.3) is 0 Å². The quantitative estimate of drug-likeness (QED) is 0.827. The van der Waals surface area contributed by atoms with Crippen LogP contribution in [-0.2, 0) is 10.0 Å². The van der Waals surface area contributed by atoms with Gasteiger partial charge in [0, 0.05) is 11.0 Å². The molecule has 0 atom stereocenters. The van der Waals surface area contributed by atoms with Gasteiger partial charge in [0.05, 0.1) is 16.9 Å². The van der Waals surface area contributed by atoms with Crippen LogP contribution in [0.3, 0.4) is 0 Å². The maximum Gasteiger partial charge on any atom is 0.390 e. The van der Waals surface area contributed by atoms with Crippen molar-refractivity contribution in [3.8, 4) is 0 Å². The van der Waals surface area contributed by atoms with Gasteiger partial charge in [-0.2, -0.15) is 13.2 Å². The first-order chi connectivity index (χ1) is 9.03. The van der Waals surface area contributed by atoms with Crippen LogP contribution >= 0.6 is 15.9 Å². The average Bonchev–Trinajstić information content (AvgIpc) is 2.26. The van der Waals surface area contributed by atoms with Gasteiger partial charge in [0.2, 0.25) is 10.0 Å². The molecule has 1 rings (SSSR count). The van der Waals surface area contributed by atoms with E-state index in [-0.39, 0.29) is 10.0 Å². The van der Waals surface area contributed by atoms with Crippen molar-refractivity contribution < 1.29 is 31.5 Å². The summed E-state index contributed by atoms with van der Waals surface area (Å²) in [5, 5.41) is 8.84. The van der Waals surface area contributed by atoms with Crippen molar-refractivity contribution in [2.24, 2.45) is 0 Å². The summed E-state index contributed by atoms with van der Waals surface area (Å²) in [4.78, 5) is 10.4. The van der Waals surface area contributed by atoms with Gasteiger partial charge >= 0.3 is 12.1 Å². The first-order valence-corrected chi connectivity index (χ1v) is 7.40. The van der Waals surface area contributed by atoms with Crippen LogP contribution in [0.15, 0.2) is 27.6 Å². The summed E-state index contributed by atoms with van der Waals surface area (Å²) in [6.07, 6.45) is -5.79. The van der Waals surface area contributed by atoms with E-state index in [0.29, 0.717) is 0 Å². The number of halogens is 4. The number of alkyl halides is 3. The van der Waals surface area contributed by atoms with Gasteiger partial charge in [0.15, 0.2) is 0 Å². The minimum atomic E-state index is -4.48. The molecule has 1 aromatic rings. The van der Waals surface area contributed by atoms with E-state index in [9.17, 15) is 26.4 Å². The van der Waals surface area contributed by atoms with E-state index in [1.165, 1.54) is 6.07 Å². The Hall–Kier alpha value is -1.13. The third kappa shape index (κ3) is 4.76. The highest BCUT2D eigenvalue weighted by molar-refractivity contribution is 9.10. The van der Waals surface area contributed by atoms with E-state index in [1.807, 2.05) is 0 Å². The third-order valence-corrected chi connectivity index (χ3v) is 4.33. The molecule has 0 radical (unpaired) electrons. The molecular formula is C10H9BrF3NO4S. The van der Waals surface area contributed by atoms with Gasteiger partial charge in [0.1, 0.15) is 0 Å². The Morgan fingerprint density at radius 1 is 1.35 bits per heavy atom. The van der Waals surface area contributed by atoms with Crippen LogP contribution in [0.2, 0.25) is 0 Å². The third-order valence-electron chi connectivity index (χ3n) is 2.18. The second-order valence-electron chi connectivity index (χ2n) is 3.71. The Morgan fingerprint density at radius 2 is 1.95 bits per heavy atom. The number of benzene rings is 1. The number of sulfonamides is 1. The maximum atomic E-state index is 11.9. The second-order valence-corrected chi connectivity index (χ2v) is 6.33. The van der Waals surface area contributed by atoms with E-state index < -0.39 is 40.0 Å². The standard InChI is InChI=1S/C10H9BrF3NO4S/c11-8-2-1-6(5-7(8)9(16)17)20(18,19)15-4-3-10(12,13)14/h1-2,5,15H,3-4H2,(H,16,17). The molecule has 20 heavy (non-hydrogen) atoms. The molecule has 0 spiro atoms. The zero-order chi connectivity index (χ0) is 15.6. The van der Waals surface area contributed by atoms with Crippen LogP contribution in [0, 0.1) is 0 Å². The van der Waals surface area contributed by atoms with Gasteiger partial charge in [-0.05, 0) is 34.1 Å². The van der Waals surface area contributed by atoms with Crippen LogP contribution in [0.1, 0.15) is 16.8 Å². The lowest BCUT2D eigenvalue weighted by atomic mass is 10.2. The van der Waals surface area contributed by atoms with Crippen LogP contribution < -0.4 is 4.72 Å². The van der Waals surface area contributed by atoms with Gasteiger partial charge in [-0.1, -0.05) is 0 Å². The van der Waals surface area contributed by atoms with Crippen molar-refractivity contribution in [1.82, 2.24) is 4.72 Å². The summed E-state index contributed by atoms with van der Waals surface area (Å²) < 4.78 is 61.2. The molecule has 0 aliphatic heterocycles. The molecule has 0 aromatic heterocycles. The normalized spacial score (nSPS) is 12.4. The van der Waals surface area contributed by atoms with Gasteiger partial charge in [0.25, 0.3) is 0 Å². The molecule has 112 valence electrons. The summed E-state index contributed by atoms with van der Waals surface area (Å²) in [7, 11) is -4.19. The number of carboxylic acid groups (broad SMARTS) is 1. The zero-order valence-corrected chi connectivity index (χ0v) is 12.1. The van der Waals surface area contributed by atoms with Crippen molar-refractivity contribution in [2.45, 2.75) is 17.5 Å². The van der Waals surface area contributed by atoms with Crippen molar-refractivity contribution in [2.75, 3.05) is 6.54 Å². The molecule has 0 bridgehead atoms. The number of carboxylic acids is 1. The Bertz CT molecular complexity index is 615. The first-order valence-electron chi connectivity index (χ1n) is 5.12. The molecule has 10 heteroatoms. The zero-order valence-electron chi connectivity index (χ0n) is 9.74. The maximum absolute atomic E-state index is 11.9. The lowest BCUT2D eigenvalue weighted by Gasteiger charge is -2.09. The van der Waals surface area contributed by atoms with Crippen molar-refractivity contribution in [3.63, 3.8) is 0 Å². The highest BCUT2D eigenvalue weighted by Gasteiger charge is 2.27. The number of hydrogen-bond acceptors (Lipinski definition) is 3. The molecule has 2 N–H and O–H groups in total. The Balaban J connectivity index is 2.93. The minimum Gasteiger partial charge on any atom is -0.478 e. The lowest BCUT2D eigenvalue weighted by molar-refractivity contribution is -0.132. The van der Waals surface area contributed by atoms with Crippen LogP contribution in [0.4, 0.5) is 13.2 Å². The number of aromatic carboxylic acids is 1. The SMILES string of the molecule is O=C(O)c1cc(S(=O)(=O)NCCC(F)(F)F)ccc1Br. The van der Waals surface area contributed by atoms with E-state index in [2.05, 4.69) is 15.9 Å². The molecule has 5 nitrogen and oxygen atoms in total. The Kier molecular flexibility index (Phi) is 5.16. The Labute approximate surface area is 121 Å². The molecule has 0 heterocycles. The molecule has 0 aliphatic rings. The number of rotatable bonds is 5.